The second kappa shape index (κ2) is 6.56. The molecule has 1 aromatic heterocycles. The van der Waals surface area contributed by atoms with Crippen molar-refractivity contribution in [2.75, 3.05) is 11.9 Å². The van der Waals surface area contributed by atoms with Gasteiger partial charge in [0, 0.05) is 25.0 Å². The second-order valence-corrected chi connectivity index (χ2v) is 4.86. The number of aromatic nitrogens is 2. The molecule has 1 atom stereocenters. The Morgan fingerprint density at radius 3 is 2.69 bits per heavy atom. The summed E-state index contributed by atoms with van der Waals surface area (Å²) in [5, 5.41) is 3.29. The molecule has 0 aliphatic rings. The van der Waals surface area contributed by atoms with E-state index in [9.17, 15) is 0 Å². The number of nitrogens with zero attached hydrogens (tertiary/aromatic N) is 2. The molecule has 0 bridgehead atoms. The van der Waals surface area contributed by atoms with E-state index >= 15 is 0 Å². The lowest BCUT2D eigenvalue weighted by Crippen LogP contribution is -2.10. The van der Waals surface area contributed by atoms with Gasteiger partial charge in [-0.05, 0) is 26.2 Å². The van der Waals surface area contributed by atoms with Gasteiger partial charge in [-0.15, -0.1) is 0 Å². The van der Waals surface area contributed by atoms with Gasteiger partial charge in [-0.3, -0.25) is 0 Å². The van der Waals surface area contributed by atoms with Crippen molar-refractivity contribution in [2.45, 2.75) is 53.0 Å². The maximum absolute atomic E-state index is 4.32. The Labute approximate surface area is 99.3 Å². The lowest BCUT2D eigenvalue weighted by atomic mass is 10.0. The van der Waals surface area contributed by atoms with Crippen LogP contribution in [-0.2, 0) is 0 Å². The highest BCUT2D eigenvalue weighted by atomic mass is 15.2. The third kappa shape index (κ3) is 3.87. The highest BCUT2D eigenvalue weighted by molar-refractivity contribution is 5.26. The number of anilines is 1. The highest BCUT2D eigenvalue weighted by Gasteiger charge is 2.09. The summed E-state index contributed by atoms with van der Waals surface area (Å²) in [6, 6.07) is 0.537. The first-order chi connectivity index (χ1) is 7.65. The molecule has 0 amide bonds. The Morgan fingerprint density at radius 2 is 2.06 bits per heavy atom. The average Bonchev–Trinajstić information content (AvgIpc) is 2.66. The molecule has 92 valence electrons. The molecule has 0 spiro atoms. The van der Waals surface area contributed by atoms with Gasteiger partial charge < -0.3 is 9.88 Å². The van der Waals surface area contributed by atoms with Gasteiger partial charge >= 0.3 is 0 Å². The van der Waals surface area contributed by atoms with Crippen LogP contribution in [-0.4, -0.2) is 16.1 Å². The normalized spacial score (nSPS) is 13.1. The fourth-order valence-corrected chi connectivity index (χ4v) is 1.92. The maximum atomic E-state index is 4.32. The molecule has 0 saturated heterocycles. The first kappa shape index (κ1) is 13.1. The fourth-order valence-electron chi connectivity index (χ4n) is 1.92. The summed E-state index contributed by atoms with van der Waals surface area (Å²) >= 11 is 0. The van der Waals surface area contributed by atoms with Crippen LogP contribution in [0, 0.1) is 5.92 Å². The van der Waals surface area contributed by atoms with E-state index in [-0.39, 0.29) is 0 Å². The van der Waals surface area contributed by atoms with Gasteiger partial charge in [-0.2, -0.15) is 0 Å². The van der Waals surface area contributed by atoms with E-state index in [1.165, 1.54) is 19.3 Å². The Hall–Kier alpha value is -0.990. The summed E-state index contributed by atoms with van der Waals surface area (Å²) in [5.41, 5.74) is 0. The van der Waals surface area contributed by atoms with Gasteiger partial charge in [0.05, 0.1) is 0 Å². The molecule has 0 saturated carbocycles. The summed E-state index contributed by atoms with van der Waals surface area (Å²) < 4.78 is 2.24. The topological polar surface area (TPSA) is 29.9 Å². The van der Waals surface area contributed by atoms with Crippen molar-refractivity contribution < 1.29 is 0 Å². The zero-order valence-electron chi connectivity index (χ0n) is 11.0. The number of hydrogen-bond donors (Lipinski definition) is 1. The first-order valence-electron chi connectivity index (χ1n) is 6.41. The Morgan fingerprint density at radius 1 is 1.31 bits per heavy atom. The molecule has 1 rings (SSSR count). The van der Waals surface area contributed by atoms with Gasteiger partial charge in [0.2, 0.25) is 5.95 Å². The minimum atomic E-state index is 0.537. The minimum absolute atomic E-state index is 0.537. The molecule has 1 N–H and O–H groups in total. The standard InChI is InChI=1S/C13H25N3/c1-5-14-13-15-9-10-16(13)12(4)8-6-7-11(2)3/h9-12H,5-8H2,1-4H3,(H,14,15). The summed E-state index contributed by atoms with van der Waals surface area (Å²) in [7, 11) is 0. The Balaban J connectivity index is 2.45. The largest absolute Gasteiger partial charge is 0.356 e. The van der Waals surface area contributed by atoms with Crippen LogP contribution in [0.5, 0.6) is 0 Å². The van der Waals surface area contributed by atoms with Crippen LogP contribution in [0.15, 0.2) is 12.4 Å². The van der Waals surface area contributed by atoms with Gasteiger partial charge in [0.25, 0.3) is 0 Å². The molecule has 0 aliphatic heterocycles. The highest BCUT2D eigenvalue weighted by Crippen LogP contribution is 2.20. The molecule has 16 heavy (non-hydrogen) atoms. The lowest BCUT2D eigenvalue weighted by Gasteiger charge is -2.17. The van der Waals surface area contributed by atoms with E-state index in [1.807, 2.05) is 6.20 Å². The quantitative estimate of drug-likeness (QED) is 0.763. The molecule has 3 heteroatoms. The van der Waals surface area contributed by atoms with Gasteiger partial charge in [-0.1, -0.05) is 26.7 Å². The van der Waals surface area contributed by atoms with E-state index in [4.69, 9.17) is 0 Å². The Kier molecular flexibility index (Phi) is 5.36. The second-order valence-electron chi connectivity index (χ2n) is 4.86. The number of imidazole rings is 1. The molecule has 0 aliphatic carbocycles. The molecule has 0 radical (unpaired) electrons. The van der Waals surface area contributed by atoms with Gasteiger partial charge in [-0.25, -0.2) is 4.98 Å². The minimum Gasteiger partial charge on any atom is -0.356 e. The van der Waals surface area contributed by atoms with Gasteiger partial charge in [0.15, 0.2) is 0 Å². The average molecular weight is 223 g/mol. The summed E-state index contributed by atoms with van der Waals surface area (Å²) in [6.45, 7) is 9.86. The van der Waals surface area contributed by atoms with E-state index in [2.05, 4.69) is 48.8 Å². The van der Waals surface area contributed by atoms with Crippen molar-refractivity contribution in [3.05, 3.63) is 12.4 Å². The van der Waals surface area contributed by atoms with Crippen LogP contribution in [0.3, 0.4) is 0 Å². The van der Waals surface area contributed by atoms with Crippen LogP contribution in [0.4, 0.5) is 5.95 Å². The summed E-state index contributed by atoms with van der Waals surface area (Å²) in [5.74, 6) is 1.81. The van der Waals surface area contributed by atoms with Crippen molar-refractivity contribution in [2.24, 2.45) is 5.92 Å². The van der Waals surface area contributed by atoms with Crippen molar-refractivity contribution in [1.29, 1.82) is 0 Å². The van der Waals surface area contributed by atoms with Crippen molar-refractivity contribution in [1.82, 2.24) is 9.55 Å². The number of nitrogens with one attached hydrogen (secondary N) is 1. The third-order valence-electron chi connectivity index (χ3n) is 2.88. The molecule has 3 nitrogen and oxygen atoms in total. The van der Waals surface area contributed by atoms with E-state index in [0.29, 0.717) is 6.04 Å². The fraction of sp³-hybridized carbons (Fsp3) is 0.769. The summed E-state index contributed by atoms with van der Waals surface area (Å²) in [6.07, 6.45) is 7.78. The molecule has 1 aromatic rings. The molecule has 0 aromatic carbocycles. The Bertz CT molecular complexity index is 291. The van der Waals surface area contributed by atoms with E-state index < -0.39 is 0 Å². The zero-order valence-corrected chi connectivity index (χ0v) is 11.0. The van der Waals surface area contributed by atoms with Crippen LogP contribution >= 0.6 is 0 Å². The van der Waals surface area contributed by atoms with Crippen LogP contribution in [0.25, 0.3) is 0 Å². The molecular weight excluding hydrogens is 198 g/mol. The van der Waals surface area contributed by atoms with Crippen LogP contribution < -0.4 is 5.32 Å². The van der Waals surface area contributed by atoms with Crippen molar-refractivity contribution in [3.63, 3.8) is 0 Å². The zero-order chi connectivity index (χ0) is 12.0. The first-order valence-corrected chi connectivity index (χ1v) is 6.41. The number of rotatable bonds is 7. The van der Waals surface area contributed by atoms with Crippen LogP contribution in [0.1, 0.15) is 53.0 Å². The molecule has 1 unspecified atom stereocenters. The lowest BCUT2D eigenvalue weighted by molar-refractivity contribution is 0.449. The predicted octanol–water partition coefficient (Wildman–Crippen LogP) is 3.70. The van der Waals surface area contributed by atoms with E-state index in [0.717, 1.165) is 18.4 Å². The number of hydrogen-bond acceptors (Lipinski definition) is 2. The molecule has 0 fully saturated rings. The smallest absolute Gasteiger partial charge is 0.203 e. The maximum Gasteiger partial charge on any atom is 0.203 e. The van der Waals surface area contributed by atoms with Gasteiger partial charge in [0.1, 0.15) is 0 Å². The predicted molar refractivity (Wildman–Crippen MR) is 69.8 cm³/mol. The summed E-state index contributed by atoms with van der Waals surface area (Å²) in [4.78, 5) is 4.32. The van der Waals surface area contributed by atoms with Crippen LogP contribution in [0.2, 0.25) is 0 Å². The third-order valence-corrected chi connectivity index (χ3v) is 2.88. The van der Waals surface area contributed by atoms with Crippen molar-refractivity contribution >= 4 is 5.95 Å². The SMILES string of the molecule is CCNc1nccn1C(C)CCCC(C)C. The van der Waals surface area contributed by atoms with Crippen molar-refractivity contribution in [3.8, 4) is 0 Å². The molecule has 1 heterocycles. The molecular formula is C13H25N3. The van der Waals surface area contributed by atoms with E-state index in [1.54, 1.807) is 0 Å². The monoisotopic (exact) mass is 223 g/mol.